The van der Waals surface area contributed by atoms with Crippen LogP contribution in [0, 0.1) is 0 Å². The molecule has 0 bridgehead atoms. The van der Waals surface area contributed by atoms with Gasteiger partial charge in [0.25, 0.3) is 0 Å². The molecule has 172 valence electrons. The van der Waals surface area contributed by atoms with Crippen LogP contribution in [-0.2, 0) is 0 Å². The number of likely N-dealkylation sites (N-methyl/N-ethyl adjacent to an activating group) is 1. The first kappa shape index (κ1) is 23.9. The second-order valence-electron chi connectivity index (χ2n) is 7.95. The fourth-order valence-corrected chi connectivity index (χ4v) is 4.58. The van der Waals surface area contributed by atoms with Gasteiger partial charge in [-0.2, -0.15) is 0 Å². The highest BCUT2D eigenvalue weighted by Crippen LogP contribution is 2.30. The van der Waals surface area contributed by atoms with E-state index in [9.17, 15) is 9.18 Å². The smallest absolute Gasteiger partial charge is 0.189 e. The van der Waals surface area contributed by atoms with E-state index in [1.54, 1.807) is 6.92 Å². The van der Waals surface area contributed by atoms with Gasteiger partial charge < -0.3 is 21.3 Å². The molecule has 1 aromatic heterocycles. The van der Waals surface area contributed by atoms with E-state index in [0.29, 0.717) is 11.2 Å². The van der Waals surface area contributed by atoms with Crippen LogP contribution in [0.1, 0.15) is 54.8 Å². The molecular weight excluding hydrogens is 425 g/mol. The number of allylic oxidation sites excluding steroid dienone is 3. The number of nitrogens with two attached hydrogens (primary N) is 1. The quantitative estimate of drug-likeness (QED) is 0.417. The number of ketones is 1. The molecule has 0 amide bonds. The van der Waals surface area contributed by atoms with E-state index in [1.807, 2.05) is 12.1 Å². The number of nitrogens with one attached hydrogen (secondary N) is 2. The number of carbonyl (C=O) groups excluding carboxylic acids is 1. The second-order valence-corrected chi connectivity index (χ2v) is 8.95. The first-order valence-corrected chi connectivity index (χ1v) is 11.8. The minimum absolute atomic E-state index is 0.122. The van der Waals surface area contributed by atoms with Crippen LogP contribution in [0.5, 0.6) is 0 Å². The third-order valence-corrected chi connectivity index (χ3v) is 6.63. The molecule has 1 unspecified atom stereocenters. The van der Waals surface area contributed by atoms with E-state index in [2.05, 4.69) is 52.7 Å². The predicted molar refractivity (Wildman–Crippen MR) is 132 cm³/mol. The van der Waals surface area contributed by atoms with Crippen molar-refractivity contribution in [1.82, 2.24) is 15.2 Å². The highest BCUT2D eigenvalue weighted by molar-refractivity contribution is 7.18. The number of likely N-dealkylation sites (tertiary alicyclic amines) is 1. The summed E-state index contributed by atoms with van der Waals surface area (Å²) in [7, 11) is 2.18. The van der Waals surface area contributed by atoms with Crippen LogP contribution in [0.2, 0.25) is 0 Å². The summed E-state index contributed by atoms with van der Waals surface area (Å²) in [5, 5.41) is 7.32. The lowest BCUT2D eigenvalue weighted by Crippen LogP contribution is -2.34. The lowest BCUT2D eigenvalue weighted by Gasteiger charge is -2.21. The number of carbonyl (C=O) groups is 1. The topological polar surface area (TPSA) is 83.3 Å². The Labute approximate surface area is 193 Å². The Bertz CT molecular complexity index is 983. The van der Waals surface area contributed by atoms with Crippen molar-refractivity contribution in [2.75, 3.05) is 31.2 Å². The van der Waals surface area contributed by atoms with Crippen molar-refractivity contribution in [2.45, 2.75) is 45.6 Å². The molecule has 1 fully saturated rings. The first-order chi connectivity index (χ1) is 15.4. The second kappa shape index (κ2) is 11.2. The van der Waals surface area contributed by atoms with Crippen LogP contribution in [0.25, 0.3) is 5.70 Å². The van der Waals surface area contributed by atoms with Crippen molar-refractivity contribution < 1.29 is 9.18 Å². The summed E-state index contributed by atoms with van der Waals surface area (Å²) < 4.78 is 13.4. The van der Waals surface area contributed by atoms with E-state index in [0.717, 1.165) is 41.3 Å². The van der Waals surface area contributed by atoms with Crippen LogP contribution < -0.4 is 16.4 Å². The molecule has 1 aliphatic heterocycles. The molecular formula is C24H32FN5OS. The fourth-order valence-electron chi connectivity index (χ4n) is 3.74. The maximum atomic E-state index is 13.4. The molecule has 1 aromatic carbocycles. The summed E-state index contributed by atoms with van der Waals surface area (Å²) in [6.45, 7) is 5.79. The monoisotopic (exact) mass is 457 g/mol. The number of halogens is 1. The van der Waals surface area contributed by atoms with Gasteiger partial charge in [-0.1, -0.05) is 42.5 Å². The summed E-state index contributed by atoms with van der Waals surface area (Å²) in [5.41, 5.74) is 8.98. The molecule has 3 rings (SSSR count). The van der Waals surface area contributed by atoms with E-state index in [4.69, 9.17) is 5.73 Å². The Balaban J connectivity index is 1.65. The third-order valence-electron chi connectivity index (χ3n) is 5.60. The predicted octanol–water partition coefficient (Wildman–Crippen LogP) is 5.35. The van der Waals surface area contributed by atoms with Gasteiger partial charge in [-0.3, -0.25) is 4.79 Å². The number of anilines is 3. The van der Waals surface area contributed by atoms with Gasteiger partial charge in [0, 0.05) is 24.0 Å². The number of aromatic nitrogens is 1. The lowest BCUT2D eigenvalue weighted by atomic mass is 10.1. The molecule has 32 heavy (non-hydrogen) atoms. The molecule has 8 heteroatoms. The van der Waals surface area contributed by atoms with Crippen LogP contribution >= 0.6 is 11.3 Å². The van der Waals surface area contributed by atoms with Gasteiger partial charge in [-0.15, -0.1) is 0 Å². The molecule has 0 saturated carbocycles. The molecule has 0 spiro atoms. The summed E-state index contributed by atoms with van der Waals surface area (Å²) in [5.74, 6) is -0.721. The van der Waals surface area contributed by atoms with Crippen molar-refractivity contribution in [3.05, 3.63) is 52.7 Å². The molecule has 1 aliphatic rings. The van der Waals surface area contributed by atoms with Crippen LogP contribution in [0.15, 0.2) is 42.2 Å². The Morgan fingerprint density at radius 1 is 1.38 bits per heavy atom. The molecule has 4 N–H and O–H groups in total. The van der Waals surface area contributed by atoms with Gasteiger partial charge in [-0.05, 0) is 57.5 Å². The normalized spacial score (nSPS) is 17.6. The van der Waals surface area contributed by atoms with Crippen molar-refractivity contribution in [1.29, 1.82) is 0 Å². The van der Waals surface area contributed by atoms with Gasteiger partial charge in [0.15, 0.2) is 10.9 Å². The van der Waals surface area contributed by atoms with Crippen molar-refractivity contribution >= 4 is 39.5 Å². The van der Waals surface area contributed by atoms with Gasteiger partial charge in [0.2, 0.25) is 0 Å². The Morgan fingerprint density at radius 2 is 2.12 bits per heavy atom. The number of benzene rings is 1. The number of nitrogens with zero attached hydrogens (tertiary/aromatic N) is 2. The molecule has 1 saturated heterocycles. The Kier molecular flexibility index (Phi) is 8.41. The van der Waals surface area contributed by atoms with E-state index < -0.39 is 5.83 Å². The van der Waals surface area contributed by atoms with Crippen LogP contribution in [0.3, 0.4) is 0 Å². The zero-order valence-corrected chi connectivity index (χ0v) is 19.8. The van der Waals surface area contributed by atoms with Crippen LogP contribution in [-0.4, -0.2) is 41.8 Å². The van der Waals surface area contributed by atoms with Crippen molar-refractivity contribution in [2.24, 2.45) is 0 Å². The number of nitrogen functional groups attached to an aromatic ring is 1. The number of thiazole rings is 1. The molecule has 2 aromatic rings. The first-order valence-electron chi connectivity index (χ1n) is 11.0. The minimum Gasteiger partial charge on any atom is -0.383 e. The number of rotatable bonds is 10. The zero-order valence-electron chi connectivity index (χ0n) is 19.0. The molecule has 0 radical (unpaired) electrons. The summed E-state index contributed by atoms with van der Waals surface area (Å²) in [6.07, 6.45) is 6.63. The average Bonchev–Trinajstić information content (AvgIpc) is 3.36. The average molecular weight is 458 g/mol. The number of Topliss-reactive ketones (excluding diaryl/α,β-unsaturated/α-hetero) is 1. The van der Waals surface area contributed by atoms with E-state index in [-0.39, 0.29) is 22.9 Å². The lowest BCUT2D eigenvalue weighted by molar-refractivity contribution is 0.0991. The van der Waals surface area contributed by atoms with E-state index in [1.165, 1.54) is 25.5 Å². The van der Waals surface area contributed by atoms with Gasteiger partial charge in [-0.25, -0.2) is 9.37 Å². The van der Waals surface area contributed by atoms with Gasteiger partial charge in [0.1, 0.15) is 16.5 Å². The maximum absolute atomic E-state index is 13.4. The van der Waals surface area contributed by atoms with E-state index >= 15 is 0 Å². The number of hydrogen-bond acceptors (Lipinski definition) is 7. The van der Waals surface area contributed by atoms with Crippen molar-refractivity contribution in [3.8, 4) is 0 Å². The zero-order chi connectivity index (χ0) is 23.1. The summed E-state index contributed by atoms with van der Waals surface area (Å²) >= 11 is 1.14. The van der Waals surface area contributed by atoms with Crippen molar-refractivity contribution in [3.63, 3.8) is 0 Å². The summed E-state index contributed by atoms with van der Waals surface area (Å²) in [4.78, 5) is 19.1. The number of hydrogen-bond donors (Lipinski definition) is 3. The molecule has 6 nitrogen and oxygen atoms in total. The largest absolute Gasteiger partial charge is 0.383 e. The third kappa shape index (κ3) is 6.17. The Morgan fingerprint density at radius 3 is 2.75 bits per heavy atom. The Hall–Kier alpha value is -2.71. The summed E-state index contributed by atoms with van der Waals surface area (Å²) in [6, 6.07) is 8.63. The van der Waals surface area contributed by atoms with Gasteiger partial charge in [0.05, 0.1) is 6.42 Å². The van der Waals surface area contributed by atoms with Gasteiger partial charge >= 0.3 is 0 Å². The van der Waals surface area contributed by atoms with Crippen LogP contribution in [0.4, 0.5) is 21.0 Å². The minimum atomic E-state index is -0.475. The fraction of sp³-hybridized carbons (Fsp3) is 0.417. The maximum Gasteiger partial charge on any atom is 0.189 e. The molecule has 0 aliphatic carbocycles. The highest BCUT2D eigenvalue weighted by atomic mass is 32.1. The highest BCUT2D eigenvalue weighted by Gasteiger charge is 2.21. The standard InChI is InChI=1S/C24H32FN5OS/c1-4-7-20(27-15-19-8-6-13-30(19)3)16-9-11-18(12-10-16)28-24-29-23(26)22(32-24)21(31)14-17(25)5-2/h5,7,9-12,19,27H,4,6,8,13-15,26H2,1-3H3,(H,28,29)/b17-5+,20-7-. The molecule has 1 atom stereocenters. The molecule has 2 heterocycles. The SMILES string of the molecule is C/C=C(/F)CC(=O)c1sc(Nc2ccc(/C(=C/CC)NCC3CCCN3C)cc2)nc1N.